The van der Waals surface area contributed by atoms with Crippen LogP contribution < -0.4 is 5.73 Å². The van der Waals surface area contributed by atoms with E-state index in [0.29, 0.717) is 12.3 Å². The minimum absolute atomic E-state index is 0.261. The molecule has 1 heterocycles. The molecular weight excluding hydrogens is 428 g/mol. The maximum Gasteiger partial charge on any atom is 0.329 e. The fourth-order valence-corrected chi connectivity index (χ4v) is 4.63. The maximum atomic E-state index is 12.1. The van der Waals surface area contributed by atoms with Gasteiger partial charge in [0, 0.05) is 23.9 Å². The molecule has 0 spiro atoms. The van der Waals surface area contributed by atoms with E-state index in [2.05, 4.69) is 41.3 Å². The van der Waals surface area contributed by atoms with Crippen LogP contribution in [0.15, 0.2) is 54.6 Å². The first-order valence-corrected chi connectivity index (χ1v) is 11.5. The molecule has 1 aliphatic heterocycles. The highest BCUT2D eigenvalue weighted by Crippen LogP contribution is 2.37. The molecule has 0 aliphatic carbocycles. The number of carboxylic acids is 1. The summed E-state index contributed by atoms with van der Waals surface area (Å²) in [5, 5.41) is 9.37. The number of carboxylic acid groups (broad SMARTS) is 1. The van der Waals surface area contributed by atoms with E-state index in [1.54, 1.807) is 0 Å². The number of ether oxygens (including phenoxy) is 1. The van der Waals surface area contributed by atoms with Gasteiger partial charge in [-0.2, -0.15) is 0 Å². The van der Waals surface area contributed by atoms with Gasteiger partial charge in [0.25, 0.3) is 0 Å². The summed E-state index contributed by atoms with van der Waals surface area (Å²) in [6, 6.07) is 18.7. The van der Waals surface area contributed by atoms with Crippen LogP contribution in [0, 0.1) is 5.92 Å². The molecule has 7 heteroatoms. The summed E-state index contributed by atoms with van der Waals surface area (Å²) in [6.45, 7) is 2.20. The van der Waals surface area contributed by atoms with Crippen molar-refractivity contribution < 1.29 is 19.4 Å². The molecule has 1 saturated heterocycles. The van der Waals surface area contributed by atoms with Gasteiger partial charge in [-0.1, -0.05) is 54.1 Å². The molecule has 3 rings (SSSR count). The normalized spacial score (nSPS) is 18.8. The zero-order valence-electron chi connectivity index (χ0n) is 18.2. The molecule has 0 bridgehead atoms. The fourth-order valence-electron chi connectivity index (χ4n) is 4.51. The van der Waals surface area contributed by atoms with Gasteiger partial charge in [-0.15, -0.1) is 0 Å². The number of nitrogens with zero attached hydrogens (tertiary/aromatic N) is 1. The Hall–Kier alpha value is -2.25. The summed E-state index contributed by atoms with van der Waals surface area (Å²) in [5.74, 6) is -0.649. The number of nitrogens with two attached hydrogens (primary N) is 1. The molecule has 32 heavy (non-hydrogen) atoms. The van der Waals surface area contributed by atoms with Crippen molar-refractivity contribution in [1.29, 1.82) is 0 Å². The number of hydrogen-bond donors (Lipinski definition) is 2. The lowest BCUT2D eigenvalue weighted by Gasteiger charge is -2.37. The number of aliphatic carboxylic acids is 1. The first-order valence-electron chi connectivity index (χ1n) is 11.1. The zero-order chi connectivity index (χ0) is 22.9. The number of halogens is 1. The number of piperidine rings is 1. The summed E-state index contributed by atoms with van der Waals surface area (Å²) in [4.78, 5) is 25.1. The summed E-state index contributed by atoms with van der Waals surface area (Å²) >= 11 is 6.13. The van der Waals surface area contributed by atoms with E-state index in [-0.39, 0.29) is 18.1 Å². The second-order valence-electron chi connectivity index (χ2n) is 8.34. The van der Waals surface area contributed by atoms with Gasteiger partial charge in [0.1, 0.15) is 6.61 Å². The predicted octanol–water partition coefficient (Wildman–Crippen LogP) is 3.92. The van der Waals surface area contributed by atoms with Crippen molar-refractivity contribution in [2.45, 2.75) is 37.8 Å². The third-order valence-corrected chi connectivity index (χ3v) is 6.25. The van der Waals surface area contributed by atoms with Crippen molar-refractivity contribution in [3.05, 3.63) is 70.7 Å². The number of Topliss-reactive ketones (excluding diaryl/α,β-unsaturated/α-hetero) is 1. The first-order chi connectivity index (χ1) is 15.4. The van der Waals surface area contributed by atoms with E-state index in [1.807, 2.05) is 18.2 Å². The van der Waals surface area contributed by atoms with Crippen LogP contribution in [-0.2, 0) is 14.3 Å². The lowest BCUT2D eigenvalue weighted by molar-refractivity contribution is -0.147. The summed E-state index contributed by atoms with van der Waals surface area (Å²) in [5.41, 5.74) is 8.20. The lowest BCUT2D eigenvalue weighted by Crippen LogP contribution is -2.39. The van der Waals surface area contributed by atoms with Gasteiger partial charge < -0.3 is 14.7 Å². The average molecular weight is 459 g/mol. The van der Waals surface area contributed by atoms with E-state index in [0.717, 1.165) is 37.5 Å². The SMILES string of the molecule is NC(OCC(=O)O)C(=O)CCCN1CCCC(C(c2ccccc2)c2ccc(Cl)cc2)C1. The van der Waals surface area contributed by atoms with Gasteiger partial charge in [-0.3, -0.25) is 10.5 Å². The number of ketones is 1. The van der Waals surface area contributed by atoms with Gasteiger partial charge in [0.2, 0.25) is 0 Å². The summed E-state index contributed by atoms with van der Waals surface area (Å²) in [6.07, 6.45) is 2.03. The van der Waals surface area contributed by atoms with E-state index in [9.17, 15) is 9.59 Å². The average Bonchev–Trinajstić information content (AvgIpc) is 2.80. The molecule has 0 radical (unpaired) electrons. The van der Waals surface area contributed by atoms with Crippen molar-refractivity contribution in [2.24, 2.45) is 11.7 Å². The van der Waals surface area contributed by atoms with Crippen LogP contribution in [0.2, 0.25) is 5.02 Å². The Kier molecular flexibility index (Phi) is 9.23. The van der Waals surface area contributed by atoms with Gasteiger partial charge in [0.15, 0.2) is 12.0 Å². The second-order valence-corrected chi connectivity index (χ2v) is 8.77. The molecule has 6 nitrogen and oxygen atoms in total. The molecule has 2 aromatic carbocycles. The highest BCUT2D eigenvalue weighted by atomic mass is 35.5. The lowest BCUT2D eigenvalue weighted by atomic mass is 9.77. The third-order valence-electron chi connectivity index (χ3n) is 6.00. The Bertz CT molecular complexity index is 875. The van der Waals surface area contributed by atoms with Crippen LogP contribution in [0.3, 0.4) is 0 Å². The minimum Gasteiger partial charge on any atom is -0.480 e. The fraction of sp³-hybridized carbons (Fsp3) is 0.440. The van der Waals surface area contributed by atoms with Crippen molar-refractivity contribution in [2.75, 3.05) is 26.2 Å². The van der Waals surface area contributed by atoms with Gasteiger partial charge >= 0.3 is 5.97 Å². The molecule has 3 N–H and O–H groups in total. The molecule has 1 aliphatic rings. The van der Waals surface area contributed by atoms with Crippen LogP contribution in [0.5, 0.6) is 0 Å². The third kappa shape index (κ3) is 7.14. The Labute approximate surface area is 194 Å². The Morgan fingerprint density at radius 1 is 1.12 bits per heavy atom. The van der Waals surface area contributed by atoms with Gasteiger partial charge in [0.05, 0.1) is 0 Å². The van der Waals surface area contributed by atoms with Crippen LogP contribution >= 0.6 is 11.6 Å². The zero-order valence-corrected chi connectivity index (χ0v) is 18.9. The maximum absolute atomic E-state index is 12.1. The van der Waals surface area contributed by atoms with E-state index in [1.165, 1.54) is 11.1 Å². The highest BCUT2D eigenvalue weighted by molar-refractivity contribution is 6.30. The van der Waals surface area contributed by atoms with Gasteiger partial charge in [-0.05, 0) is 61.5 Å². The topological polar surface area (TPSA) is 92.9 Å². The van der Waals surface area contributed by atoms with Crippen molar-refractivity contribution in [3.63, 3.8) is 0 Å². The van der Waals surface area contributed by atoms with Crippen LogP contribution in [0.1, 0.15) is 42.7 Å². The number of rotatable bonds is 11. The van der Waals surface area contributed by atoms with E-state index >= 15 is 0 Å². The molecule has 3 atom stereocenters. The van der Waals surface area contributed by atoms with Crippen LogP contribution in [-0.4, -0.2) is 54.2 Å². The van der Waals surface area contributed by atoms with E-state index in [4.69, 9.17) is 27.2 Å². The highest BCUT2D eigenvalue weighted by Gasteiger charge is 2.29. The number of benzene rings is 2. The summed E-state index contributed by atoms with van der Waals surface area (Å²) < 4.78 is 4.87. The monoisotopic (exact) mass is 458 g/mol. The standard InChI is InChI=1S/C25H31ClN2O4/c26-21-12-10-19(11-13-21)24(18-6-2-1-3-7-18)20-8-4-14-28(16-20)15-5-9-22(29)25(27)32-17-23(30)31/h1-3,6-7,10-13,20,24-25H,4-5,8-9,14-17,27H2,(H,30,31). The molecule has 2 aromatic rings. The quantitative estimate of drug-likeness (QED) is 0.496. The smallest absolute Gasteiger partial charge is 0.329 e. The number of carbonyl (C=O) groups excluding carboxylic acids is 1. The Morgan fingerprint density at radius 3 is 2.50 bits per heavy atom. The number of likely N-dealkylation sites (tertiary alicyclic amines) is 1. The van der Waals surface area contributed by atoms with Crippen LogP contribution in [0.25, 0.3) is 0 Å². The van der Waals surface area contributed by atoms with Gasteiger partial charge in [-0.25, -0.2) is 4.79 Å². The molecule has 172 valence electrons. The molecule has 1 fully saturated rings. The summed E-state index contributed by atoms with van der Waals surface area (Å²) in [7, 11) is 0. The number of carbonyl (C=O) groups is 2. The Morgan fingerprint density at radius 2 is 1.81 bits per heavy atom. The molecule has 0 amide bonds. The second kappa shape index (κ2) is 12.1. The first kappa shape index (κ1) is 24.4. The molecule has 0 aromatic heterocycles. The molecule has 0 saturated carbocycles. The van der Waals surface area contributed by atoms with Crippen molar-refractivity contribution in [1.82, 2.24) is 4.90 Å². The van der Waals surface area contributed by atoms with Crippen molar-refractivity contribution in [3.8, 4) is 0 Å². The minimum atomic E-state index is -1.17. The molecular formula is C25H31ClN2O4. The van der Waals surface area contributed by atoms with E-state index < -0.39 is 18.8 Å². The largest absolute Gasteiger partial charge is 0.480 e. The predicted molar refractivity (Wildman–Crippen MR) is 125 cm³/mol. The van der Waals surface area contributed by atoms with Crippen molar-refractivity contribution >= 4 is 23.4 Å². The number of hydrogen-bond acceptors (Lipinski definition) is 5. The van der Waals surface area contributed by atoms with Crippen LogP contribution in [0.4, 0.5) is 0 Å². The Balaban J connectivity index is 1.59. The molecule has 3 unspecified atom stereocenters.